The van der Waals surface area contributed by atoms with Crippen molar-refractivity contribution in [2.24, 2.45) is 5.73 Å². The van der Waals surface area contributed by atoms with E-state index >= 15 is 0 Å². The van der Waals surface area contributed by atoms with Crippen LogP contribution in [0.5, 0.6) is 5.75 Å². The van der Waals surface area contributed by atoms with Gasteiger partial charge in [0.2, 0.25) is 5.91 Å². The van der Waals surface area contributed by atoms with Crippen molar-refractivity contribution in [2.45, 2.75) is 32.2 Å². The molecule has 31 heavy (non-hydrogen) atoms. The lowest BCUT2D eigenvalue weighted by molar-refractivity contribution is -0.123. The van der Waals surface area contributed by atoms with Crippen LogP contribution in [-0.4, -0.2) is 36.8 Å². The second-order valence-corrected chi connectivity index (χ2v) is 6.65. The van der Waals surface area contributed by atoms with E-state index in [9.17, 15) is 23.2 Å². The van der Waals surface area contributed by atoms with Gasteiger partial charge in [-0.15, -0.1) is 0 Å². The minimum absolute atomic E-state index is 0.0565. The van der Waals surface area contributed by atoms with Gasteiger partial charge in [-0.05, 0) is 56.1 Å². The summed E-state index contributed by atoms with van der Waals surface area (Å²) in [6.45, 7) is -3.17. The minimum atomic E-state index is -2.86. The first kappa shape index (κ1) is 19.6. The summed E-state index contributed by atoms with van der Waals surface area (Å²) in [5.41, 5.74) is 5.62. The number of hydrogen-bond acceptors (Lipinski definition) is 5. The van der Waals surface area contributed by atoms with Gasteiger partial charge in [-0.2, -0.15) is 0 Å². The molecule has 166 valence electrons. The maximum absolute atomic E-state index is 13.8. The van der Waals surface area contributed by atoms with Crippen LogP contribution in [0.15, 0.2) is 42.5 Å². The third kappa shape index (κ3) is 7.45. The lowest BCUT2D eigenvalue weighted by atomic mass is 10.0. The Morgan fingerprint density at radius 1 is 1.13 bits per heavy atom. The highest BCUT2D eigenvalue weighted by molar-refractivity contribution is 5.99. The molecule has 7 nitrogen and oxygen atoms in total. The number of unbranched alkanes of at least 4 members (excludes halogenated alkanes) is 1. The molecule has 2 rings (SSSR count). The van der Waals surface area contributed by atoms with Gasteiger partial charge in [0.1, 0.15) is 6.61 Å². The Morgan fingerprint density at radius 3 is 2.52 bits per heavy atom. The van der Waals surface area contributed by atoms with Crippen LogP contribution in [0.3, 0.4) is 0 Å². The van der Waals surface area contributed by atoms with Crippen LogP contribution >= 0.6 is 0 Å². The molecule has 2 aromatic carbocycles. The Morgan fingerprint density at radius 2 is 1.84 bits per heavy atom. The van der Waals surface area contributed by atoms with Gasteiger partial charge >= 0.3 is 0 Å². The van der Waals surface area contributed by atoms with Crippen LogP contribution in [0.4, 0.5) is 14.5 Å². The van der Waals surface area contributed by atoms with Crippen LogP contribution in [0, 0.1) is 11.6 Å². The molecule has 0 saturated carbocycles. The summed E-state index contributed by atoms with van der Waals surface area (Å²) in [6, 6.07) is 7.60. The molecule has 2 amide bonds. The number of ketones is 1. The zero-order chi connectivity index (χ0) is 25.3. The number of anilines is 1. The Kier molecular flexibility index (Phi) is 7.44. The summed E-state index contributed by atoms with van der Waals surface area (Å²) >= 11 is 0. The van der Waals surface area contributed by atoms with E-state index in [4.69, 9.17) is 14.6 Å². The van der Waals surface area contributed by atoms with Crippen molar-refractivity contribution in [3.8, 4) is 5.75 Å². The van der Waals surface area contributed by atoms with Crippen LogP contribution in [-0.2, 0) is 9.59 Å². The monoisotopic (exact) mass is 436 g/mol. The zero-order valence-electron chi connectivity index (χ0n) is 19.6. The summed E-state index contributed by atoms with van der Waals surface area (Å²) in [5.74, 6) is -5.12. The number of nitrogens with one attached hydrogen (secondary N) is 2. The predicted molar refractivity (Wildman–Crippen MR) is 112 cm³/mol. The second kappa shape index (κ2) is 11.8. The van der Waals surface area contributed by atoms with E-state index in [1.54, 1.807) is 0 Å². The molecular weight excluding hydrogens is 408 g/mol. The highest BCUT2D eigenvalue weighted by Gasteiger charge is 2.23. The number of nitrogens with two attached hydrogens (primary N) is 1. The fourth-order valence-corrected chi connectivity index (χ4v) is 2.78. The molecule has 1 unspecified atom stereocenters. The maximum atomic E-state index is 13.8. The Bertz CT molecular complexity index is 1010. The first-order chi connectivity index (χ1) is 16.0. The van der Waals surface area contributed by atoms with E-state index in [1.165, 1.54) is 24.3 Å². The molecule has 0 saturated heterocycles. The van der Waals surface area contributed by atoms with Gasteiger partial charge in [-0.1, -0.05) is 12.1 Å². The SMILES string of the molecule is [2H]C([2H])([2H])C(=O)Nc1cccc(C(=O)NC(CCCCN)C(=O)COc2c(F)cccc2F)c1. The van der Waals surface area contributed by atoms with Gasteiger partial charge in [-0.25, -0.2) is 8.78 Å². The molecule has 0 radical (unpaired) electrons. The van der Waals surface area contributed by atoms with Gasteiger partial charge in [0.05, 0.1) is 6.04 Å². The number of carbonyl (C=O) groups excluding carboxylic acids is 3. The Hall–Kier alpha value is -3.33. The lowest BCUT2D eigenvalue weighted by Crippen LogP contribution is -2.43. The molecule has 1 atom stereocenters. The summed E-state index contributed by atoms with van der Waals surface area (Å²) in [7, 11) is 0. The Balaban J connectivity index is 2.11. The maximum Gasteiger partial charge on any atom is 0.251 e. The van der Waals surface area contributed by atoms with E-state index in [0.29, 0.717) is 19.4 Å². The Labute approximate surface area is 183 Å². The number of halogens is 2. The third-order valence-corrected chi connectivity index (χ3v) is 4.30. The van der Waals surface area contributed by atoms with Crippen LogP contribution < -0.4 is 21.1 Å². The number of amides is 2. The molecule has 0 heterocycles. The molecule has 0 bridgehead atoms. The summed E-state index contributed by atoms with van der Waals surface area (Å²) in [5, 5.41) is 4.74. The van der Waals surface area contributed by atoms with Crippen LogP contribution in [0.25, 0.3) is 0 Å². The largest absolute Gasteiger partial charge is 0.480 e. The van der Waals surface area contributed by atoms with Gasteiger partial charge < -0.3 is 21.1 Å². The molecule has 2 aromatic rings. The number of para-hydroxylation sites is 1. The molecular formula is C22H25F2N3O4. The molecule has 9 heteroatoms. The highest BCUT2D eigenvalue weighted by atomic mass is 19.1. The fourth-order valence-electron chi connectivity index (χ4n) is 2.78. The first-order valence-electron chi connectivity index (χ1n) is 11.0. The van der Waals surface area contributed by atoms with Crippen molar-refractivity contribution in [3.05, 3.63) is 59.7 Å². The normalized spacial score (nSPS) is 13.3. The van der Waals surface area contributed by atoms with Crippen molar-refractivity contribution in [2.75, 3.05) is 18.5 Å². The van der Waals surface area contributed by atoms with Crippen molar-refractivity contribution in [3.63, 3.8) is 0 Å². The average molecular weight is 436 g/mol. The molecule has 0 aromatic heterocycles. The lowest BCUT2D eigenvalue weighted by Gasteiger charge is -2.18. The van der Waals surface area contributed by atoms with Gasteiger partial charge in [0.25, 0.3) is 5.91 Å². The summed E-state index contributed by atoms with van der Waals surface area (Å²) in [4.78, 5) is 37.1. The molecule has 0 spiro atoms. The van der Waals surface area contributed by atoms with E-state index in [1.807, 2.05) is 0 Å². The summed E-state index contributed by atoms with van der Waals surface area (Å²) in [6.07, 6.45) is 1.29. The zero-order valence-corrected chi connectivity index (χ0v) is 16.6. The van der Waals surface area contributed by atoms with Gasteiger partial charge in [-0.3, -0.25) is 14.4 Å². The summed E-state index contributed by atoms with van der Waals surface area (Å²) < 4.78 is 53.9. The number of hydrogen-bond donors (Lipinski definition) is 3. The number of ether oxygens (including phenoxy) is 1. The molecule has 4 N–H and O–H groups in total. The van der Waals surface area contributed by atoms with Gasteiger partial charge in [0.15, 0.2) is 23.2 Å². The highest BCUT2D eigenvalue weighted by Crippen LogP contribution is 2.21. The first-order valence-corrected chi connectivity index (χ1v) is 9.55. The third-order valence-electron chi connectivity index (χ3n) is 4.30. The topological polar surface area (TPSA) is 111 Å². The number of carbonyl (C=O) groups is 3. The number of rotatable bonds is 11. The van der Waals surface area contributed by atoms with Gasteiger partial charge in [0, 0.05) is 22.2 Å². The second-order valence-electron chi connectivity index (χ2n) is 6.65. The van der Waals surface area contributed by atoms with Crippen LogP contribution in [0.2, 0.25) is 0 Å². The predicted octanol–water partition coefficient (Wildman–Crippen LogP) is 2.80. The molecule has 0 fully saturated rings. The van der Waals surface area contributed by atoms with E-state index < -0.39 is 54.5 Å². The van der Waals surface area contributed by atoms with Crippen LogP contribution in [0.1, 0.15) is 40.6 Å². The van der Waals surface area contributed by atoms with Crippen molar-refractivity contribution < 1.29 is 32.0 Å². The van der Waals surface area contributed by atoms with Crippen molar-refractivity contribution >= 4 is 23.3 Å². The quantitative estimate of drug-likeness (QED) is 0.469. The number of benzene rings is 2. The van der Waals surface area contributed by atoms with E-state index in [2.05, 4.69) is 10.6 Å². The fraction of sp³-hybridized carbons (Fsp3) is 0.318. The van der Waals surface area contributed by atoms with E-state index in [-0.39, 0.29) is 17.7 Å². The van der Waals surface area contributed by atoms with Crippen molar-refractivity contribution in [1.82, 2.24) is 5.32 Å². The number of Topliss-reactive ketones (excluding diaryl/α,β-unsaturated/α-hetero) is 1. The van der Waals surface area contributed by atoms with E-state index in [0.717, 1.165) is 18.2 Å². The smallest absolute Gasteiger partial charge is 0.251 e. The average Bonchev–Trinajstić information content (AvgIpc) is 2.77. The van der Waals surface area contributed by atoms with Crippen molar-refractivity contribution in [1.29, 1.82) is 0 Å². The molecule has 0 aliphatic rings. The molecule has 0 aliphatic heterocycles. The minimum Gasteiger partial charge on any atom is -0.480 e. The standard InChI is InChI=1S/C22H25F2N3O4/c1-14(28)26-16-7-4-6-15(12-16)22(30)27-19(10-2-3-11-25)20(29)13-31-21-17(23)8-5-9-18(21)24/h4-9,12,19H,2-3,10-11,13,25H2,1H3,(H,26,28)(H,27,30)/i1D3. The molecule has 0 aliphatic carbocycles.